The molecular weight excluding hydrogens is 472 g/mol. The van der Waals surface area contributed by atoms with Gasteiger partial charge in [0.25, 0.3) is 0 Å². The summed E-state index contributed by atoms with van der Waals surface area (Å²) in [6.07, 6.45) is 0.268. The summed E-state index contributed by atoms with van der Waals surface area (Å²) in [4.78, 5) is 22.1. The zero-order chi connectivity index (χ0) is 21.8. The van der Waals surface area contributed by atoms with Crippen LogP contribution in [0.2, 0.25) is 0 Å². The standard InChI is InChI=1S/C24H27BrN4OS/c1-3-28-9-11-29(12-10-28)22-8-7-20(13-17(22)2)26-23(30)15-21-16-31-24(27-21)18-5-4-6-19(25)14-18/h4-8,13-14,16H,3,9-12,15H2,1-2H3,(H,26,30). The molecule has 1 aromatic heterocycles. The Bertz CT molecular complexity index is 1060. The van der Waals surface area contributed by atoms with Crippen LogP contribution in [0, 0.1) is 6.92 Å². The van der Waals surface area contributed by atoms with Gasteiger partial charge in [-0.25, -0.2) is 4.98 Å². The number of halogens is 1. The van der Waals surface area contributed by atoms with Gasteiger partial charge in [-0.3, -0.25) is 4.79 Å². The largest absolute Gasteiger partial charge is 0.369 e. The molecule has 5 nitrogen and oxygen atoms in total. The third-order valence-electron chi connectivity index (χ3n) is 5.61. The van der Waals surface area contributed by atoms with E-state index in [-0.39, 0.29) is 12.3 Å². The molecular formula is C24H27BrN4OS. The molecule has 1 amide bonds. The highest BCUT2D eigenvalue weighted by atomic mass is 79.9. The van der Waals surface area contributed by atoms with Gasteiger partial charge in [0, 0.05) is 53.0 Å². The fourth-order valence-corrected chi connectivity index (χ4v) is 5.12. The van der Waals surface area contributed by atoms with E-state index in [9.17, 15) is 4.79 Å². The van der Waals surface area contributed by atoms with Gasteiger partial charge in [0.05, 0.1) is 12.1 Å². The fraction of sp³-hybridized carbons (Fsp3) is 0.333. The van der Waals surface area contributed by atoms with E-state index in [0.29, 0.717) is 0 Å². The molecule has 31 heavy (non-hydrogen) atoms. The van der Waals surface area contributed by atoms with Crippen LogP contribution in [0.25, 0.3) is 10.6 Å². The molecule has 1 saturated heterocycles. The minimum absolute atomic E-state index is 0.0465. The summed E-state index contributed by atoms with van der Waals surface area (Å²) in [5.74, 6) is -0.0465. The maximum absolute atomic E-state index is 12.6. The quantitative estimate of drug-likeness (QED) is 0.506. The number of carbonyl (C=O) groups is 1. The highest BCUT2D eigenvalue weighted by Crippen LogP contribution is 2.27. The van der Waals surface area contributed by atoms with Crippen LogP contribution in [-0.4, -0.2) is 48.5 Å². The monoisotopic (exact) mass is 498 g/mol. The van der Waals surface area contributed by atoms with Crippen molar-refractivity contribution >= 4 is 44.5 Å². The average Bonchev–Trinajstić information content (AvgIpc) is 3.22. The SMILES string of the molecule is CCN1CCN(c2ccc(NC(=O)Cc3csc(-c4cccc(Br)c4)n3)cc2C)CC1. The molecule has 0 atom stereocenters. The number of aryl methyl sites for hydroxylation is 1. The fourth-order valence-electron chi connectivity index (χ4n) is 3.90. The van der Waals surface area contributed by atoms with Crippen molar-refractivity contribution in [2.24, 2.45) is 0 Å². The van der Waals surface area contributed by atoms with Crippen molar-refractivity contribution in [1.29, 1.82) is 0 Å². The molecule has 4 rings (SSSR count). The van der Waals surface area contributed by atoms with E-state index in [1.54, 1.807) is 11.3 Å². The second-order valence-corrected chi connectivity index (χ2v) is 9.58. The van der Waals surface area contributed by atoms with Crippen LogP contribution in [0.3, 0.4) is 0 Å². The lowest BCUT2D eigenvalue weighted by molar-refractivity contribution is -0.115. The lowest BCUT2D eigenvalue weighted by Crippen LogP contribution is -2.46. The van der Waals surface area contributed by atoms with Crippen LogP contribution in [0.15, 0.2) is 52.3 Å². The van der Waals surface area contributed by atoms with Gasteiger partial charge in [0.2, 0.25) is 5.91 Å². The van der Waals surface area contributed by atoms with E-state index in [0.717, 1.165) is 59.1 Å². The Morgan fingerprint density at radius 2 is 1.97 bits per heavy atom. The van der Waals surface area contributed by atoms with Crippen molar-refractivity contribution in [2.75, 3.05) is 42.9 Å². The molecule has 1 N–H and O–H groups in total. The van der Waals surface area contributed by atoms with E-state index in [4.69, 9.17) is 0 Å². The third-order valence-corrected chi connectivity index (χ3v) is 7.04. The summed E-state index contributed by atoms with van der Waals surface area (Å²) in [5.41, 5.74) is 5.12. The summed E-state index contributed by atoms with van der Waals surface area (Å²) in [7, 11) is 0. The highest BCUT2D eigenvalue weighted by molar-refractivity contribution is 9.10. The number of benzene rings is 2. The molecule has 7 heteroatoms. The molecule has 0 unspecified atom stereocenters. The maximum Gasteiger partial charge on any atom is 0.230 e. The summed E-state index contributed by atoms with van der Waals surface area (Å²) in [5, 5.41) is 5.91. The number of amides is 1. The lowest BCUT2D eigenvalue weighted by Gasteiger charge is -2.36. The Morgan fingerprint density at radius 3 is 2.68 bits per heavy atom. The summed E-state index contributed by atoms with van der Waals surface area (Å²) in [6.45, 7) is 9.73. The van der Waals surface area contributed by atoms with Crippen molar-refractivity contribution in [1.82, 2.24) is 9.88 Å². The van der Waals surface area contributed by atoms with Gasteiger partial charge in [-0.1, -0.05) is 35.0 Å². The van der Waals surface area contributed by atoms with E-state index in [2.05, 4.69) is 62.0 Å². The molecule has 2 aromatic carbocycles. The van der Waals surface area contributed by atoms with Crippen molar-refractivity contribution < 1.29 is 4.79 Å². The number of aromatic nitrogens is 1. The number of hydrogen-bond donors (Lipinski definition) is 1. The number of likely N-dealkylation sites (N-methyl/N-ethyl adjacent to an activating group) is 1. The highest BCUT2D eigenvalue weighted by Gasteiger charge is 2.17. The van der Waals surface area contributed by atoms with Crippen LogP contribution in [0.1, 0.15) is 18.2 Å². The predicted octanol–water partition coefficient (Wildman–Crippen LogP) is 5.20. The summed E-state index contributed by atoms with van der Waals surface area (Å²) >= 11 is 5.05. The van der Waals surface area contributed by atoms with Crippen molar-refractivity contribution in [2.45, 2.75) is 20.3 Å². The first-order chi connectivity index (χ1) is 15.0. The first-order valence-corrected chi connectivity index (χ1v) is 12.3. The zero-order valence-corrected chi connectivity index (χ0v) is 20.3. The van der Waals surface area contributed by atoms with E-state index >= 15 is 0 Å². The maximum atomic E-state index is 12.6. The zero-order valence-electron chi connectivity index (χ0n) is 17.9. The minimum atomic E-state index is -0.0465. The van der Waals surface area contributed by atoms with Gasteiger partial charge in [0.15, 0.2) is 0 Å². The van der Waals surface area contributed by atoms with E-state index in [1.807, 2.05) is 35.7 Å². The first kappa shape index (κ1) is 22.0. The number of thiazole rings is 1. The summed E-state index contributed by atoms with van der Waals surface area (Å²) < 4.78 is 1.02. The van der Waals surface area contributed by atoms with Gasteiger partial charge in [-0.15, -0.1) is 11.3 Å². The molecule has 0 saturated carbocycles. The lowest BCUT2D eigenvalue weighted by atomic mass is 10.1. The molecule has 1 aliphatic rings. The number of nitrogens with zero attached hydrogens (tertiary/aromatic N) is 3. The van der Waals surface area contributed by atoms with Crippen molar-refractivity contribution in [3.63, 3.8) is 0 Å². The molecule has 0 radical (unpaired) electrons. The van der Waals surface area contributed by atoms with Gasteiger partial charge in [-0.05, 0) is 49.4 Å². The Balaban J connectivity index is 1.36. The van der Waals surface area contributed by atoms with E-state index in [1.165, 1.54) is 11.3 Å². The first-order valence-electron chi connectivity index (χ1n) is 10.6. The third kappa shape index (κ3) is 5.53. The van der Waals surface area contributed by atoms with Gasteiger partial charge >= 0.3 is 0 Å². The number of piperazine rings is 1. The number of nitrogens with one attached hydrogen (secondary N) is 1. The number of rotatable bonds is 6. The topological polar surface area (TPSA) is 48.5 Å². The molecule has 1 aliphatic heterocycles. The number of anilines is 2. The van der Waals surface area contributed by atoms with Crippen LogP contribution in [0.5, 0.6) is 0 Å². The molecule has 0 aliphatic carbocycles. The predicted molar refractivity (Wildman–Crippen MR) is 133 cm³/mol. The second-order valence-electron chi connectivity index (χ2n) is 7.80. The molecule has 0 spiro atoms. The van der Waals surface area contributed by atoms with Crippen LogP contribution >= 0.6 is 27.3 Å². The second kappa shape index (κ2) is 9.94. The average molecular weight is 499 g/mol. The summed E-state index contributed by atoms with van der Waals surface area (Å²) in [6, 6.07) is 14.2. The normalized spacial score (nSPS) is 14.6. The minimum Gasteiger partial charge on any atom is -0.369 e. The number of carbonyl (C=O) groups excluding carboxylic acids is 1. The Hall–Kier alpha value is -2.22. The molecule has 162 valence electrons. The smallest absolute Gasteiger partial charge is 0.230 e. The number of hydrogen-bond acceptors (Lipinski definition) is 5. The Kier molecular flexibility index (Phi) is 7.05. The molecule has 3 aromatic rings. The van der Waals surface area contributed by atoms with Gasteiger partial charge in [0.1, 0.15) is 5.01 Å². The molecule has 1 fully saturated rings. The van der Waals surface area contributed by atoms with Crippen LogP contribution < -0.4 is 10.2 Å². The van der Waals surface area contributed by atoms with Crippen molar-refractivity contribution in [3.05, 3.63) is 63.6 Å². The van der Waals surface area contributed by atoms with Crippen LogP contribution in [0.4, 0.5) is 11.4 Å². The molecule has 0 bridgehead atoms. The molecule has 2 heterocycles. The Labute approximate surface area is 196 Å². The van der Waals surface area contributed by atoms with E-state index < -0.39 is 0 Å². The van der Waals surface area contributed by atoms with Crippen molar-refractivity contribution in [3.8, 4) is 10.6 Å². The van der Waals surface area contributed by atoms with Crippen LogP contribution in [-0.2, 0) is 11.2 Å². The Morgan fingerprint density at radius 1 is 1.16 bits per heavy atom. The van der Waals surface area contributed by atoms with Gasteiger partial charge in [-0.2, -0.15) is 0 Å². The van der Waals surface area contributed by atoms with Gasteiger partial charge < -0.3 is 15.1 Å².